The molecule has 0 atom stereocenters. The van der Waals surface area contributed by atoms with Crippen molar-refractivity contribution in [2.75, 3.05) is 16.1 Å². The lowest BCUT2D eigenvalue weighted by atomic mass is 10.2. The highest BCUT2D eigenvalue weighted by molar-refractivity contribution is 7.98. The van der Waals surface area contributed by atoms with Crippen molar-refractivity contribution in [3.63, 3.8) is 0 Å². The second-order valence-corrected chi connectivity index (χ2v) is 6.57. The zero-order valence-corrected chi connectivity index (χ0v) is 15.0. The number of aromatic nitrogens is 3. The van der Waals surface area contributed by atoms with Gasteiger partial charge in [-0.25, -0.2) is 24.1 Å². The molecule has 1 aliphatic rings. The number of carbonyl (C=O) groups excluding carboxylic acids is 1. The van der Waals surface area contributed by atoms with Gasteiger partial charge in [0, 0.05) is 17.8 Å². The molecule has 0 spiro atoms. The number of hydrogen-bond donors (Lipinski definition) is 0. The maximum absolute atomic E-state index is 14.4. The van der Waals surface area contributed by atoms with Gasteiger partial charge in [0.05, 0.1) is 17.5 Å². The molecule has 0 aromatic carbocycles. The van der Waals surface area contributed by atoms with Crippen molar-refractivity contribution in [3.05, 3.63) is 40.0 Å². The van der Waals surface area contributed by atoms with Crippen LogP contribution in [0.25, 0.3) is 0 Å². The molecule has 2 aromatic rings. The number of carbonyl (C=O) groups is 1. The number of amides is 2. The molecule has 11 heteroatoms. The zero-order chi connectivity index (χ0) is 19.0. The summed E-state index contributed by atoms with van der Waals surface area (Å²) < 4.78 is 14.4. The Morgan fingerprint density at radius 1 is 1.31 bits per heavy atom. The van der Waals surface area contributed by atoms with Crippen molar-refractivity contribution < 1.29 is 14.1 Å². The molecule has 0 aliphatic carbocycles. The molecule has 0 fully saturated rings. The highest BCUT2D eigenvalue weighted by Crippen LogP contribution is 2.33. The van der Waals surface area contributed by atoms with E-state index in [-0.39, 0.29) is 18.4 Å². The predicted octanol–water partition coefficient (Wildman–Crippen LogP) is 3.00. The van der Waals surface area contributed by atoms with Crippen molar-refractivity contribution in [2.45, 2.75) is 31.6 Å². The topological polar surface area (TPSA) is 105 Å². The number of fused-ring (bicyclic) bond motifs is 1. The highest BCUT2D eigenvalue weighted by atomic mass is 32.2. The lowest BCUT2D eigenvalue weighted by molar-refractivity contribution is -0.385. The van der Waals surface area contributed by atoms with Gasteiger partial charge in [-0.2, -0.15) is 0 Å². The molecular weight excluding hydrogens is 363 g/mol. The van der Waals surface area contributed by atoms with E-state index in [0.29, 0.717) is 16.5 Å². The summed E-state index contributed by atoms with van der Waals surface area (Å²) in [6.45, 7) is 3.64. The molecule has 136 valence electrons. The largest absolute Gasteiger partial charge is 0.331 e. The van der Waals surface area contributed by atoms with Crippen LogP contribution in [-0.2, 0) is 6.54 Å². The quantitative estimate of drug-likeness (QED) is 0.348. The Morgan fingerprint density at radius 3 is 2.62 bits per heavy atom. The Kier molecular flexibility index (Phi) is 4.72. The Labute approximate surface area is 152 Å². The molecule has 2 aromatic heterocycles. The van der Waals surface area contributed by atoms with E-state index < -0.39 is 22.5 Å². The predicted molar refractivity (Wildman–Crippen MR) is 93.9 cm³/mol. The summed E-state index contributed by atoms with van der Waals surface area (Å²) in [7, 11) is 0. The SMILES string of the molecule is CSc1ncc2c(n1)N(C(C)C)C(=O)N(c1ncc([N+](=O)[O-])cc1F)C2. The van der Waals surface area contributed by atoms with E-state index in [1.165, 1.54) is 16.7 Å². The first-order chi connectivity index (χ1) is 12.3. The molecule has 26 heavy (non-hydrogen) atoms. The molecule has 0 saturated carbocycles. The summed E-state index contributed by atoms with van der Waals surface area (Å²) in [5.41, 5.74) is 0.153. The minimum absolute atomic E-state index is 0.0216. The van der Waals surface area contributed by atoms with Gasteiger partial charge < -0.3 is 0 Å². The lowest BCUT2D eigenvalue weighted by Crippen LogP contribution is -2.51. The van der Waals surface area contributed by atoms with Crippen LogP contribution in [0.3, 0.4) is 0 Å². The summed E-state index contributed by atoms with van der Waals surface area (Å²) in [5.74, 6) is -0.741. The van der Waals surface area contributed by atoms with Crippen molar-refractivity contribution >= 4 is 35.1 Å². The Balaban J connectivity index is 2.07. The van der Waals surface area contributed by atoms with Crippen LogP contribution in [0.4, 0.5) is 26.5 Å². The Hall–Kier alpha value is -2.82. The Morgan fingerprint density at radius 2 is 2.04 bits per heavy atom. The number of nitrogens with zero attached hydrogens (tertiary/aromatic N) is 6. The highest BCUT2D eigenvalue weighted by Gasteiger charge is 2.36. The van der Waals surface area contributed by atoms with Crippen molar-refractivity contribution in [2.24, 2.45) is 0 Å². The van der Waals surface area contributed by atoms with Crippen LogP contribution in [0.15, 0.2) is 23.6 Å². The first-order valence-corrected chi connectivity index (χ1v) is 8.86. The standard InChI is InChI=1S/C15H15FN6O3S/c1-8(2)21-12-9(5-18-14(19-12)26-3)7-20(15(21)23)13-11(16)4-10(6-17-13)22(24)25/h4-6,8H,7H2,1-3H3. The molecule has 0 saturated heterocycles. The number of nitro groups is 1. The number of anilines is 2. The molecule has 0 N–H and O–H groups in total. The van der Waals surface area contributed by atoms with Gasteiger partial charge in [0.2, 0.25) is 0 Å². The molecular formula is C15H15FN6O3S. The molecule has 3 heterocycles. The van der Waals surface area contributed by atoms with E-state index in [1.54, 1.807) is 6.20 Å². The summed E-state index contributed by atoms with van der Waals surface area (Å²) in [5, 5.41) is 11.3. The van der Waals surface area contributed by atoms with Crippen LogP contribution < -0.4 is 9.80 Å². The fourth-order valence-corrected chi connectivity index (χ4v) is 2.95. The number of hydrogen-bond acceptors (Lipinski definition) is 7. The smallest absolute Gasteiger partial charge is 0.275 e. The second-order valence-electron chi connectivity index (χ2n) is 5.79. The first kappa shape index (κ1) is 18.0. The molecule has 1 aliphatic heterocycles. The second kappa shape index (κ2) is 6.83. The van der Waals surface area contributed by atoms with Gasteiger partial charge in [0.1, 0.15) is 12.0 Å². The van der Waals surface area contributed by atoms with E-state index in [4.69, 9.17) is 0 Å². The number of halogens is 1. The third kappa shape index (κ3) is 3.05. The number of rotatable bonds is 4. The Bertz CT molecular complexity index is 894. The minimum atomic E-state index is -0.943. The van der Waals surface area contributed by atoms with Crippen LogP contribution in [0.1, 0.15) is 19.4 Å². The average Bonchev–Trinajstić information content (AvgIpc) is 2.60. The van der Waals surface area contributed by atoms with Crippen LogP contribution in [-0.4, -0.2) is 38.2 Å². The summed E-state index contributed by atoms with van der Waals surface area (Å²) in [6.07, 6.45) is 4.34. The molecule has 0 bridgehead atoms. The van der Waals surface area contributed by atoms with Crippen LogP contribution in [0.5, 0.6) is 0 Å². The average molecular weight is 378 g/mol. The molecule has 3 rings (SSSR count). The molecule has 2 amide bonds. The fraction of sp³-hybridized carbons (Fsp3) is 0.333. The van der Waals surface area contributed by atoms with Gasteiger partial charge >= 0.3 is 6.03 Å². The van der Waals surface area contributed by atoms with Gasteiger partial charge in [-0.05, 0) is 20.1 Å². The maximum atomic E-state index is 14.4. The monoisotopic (exact) mass is 378 g/mol. The third-order valence-electron chi connectivity index (χ3n) is 3.79. The molecule has 9 nitrogen and oxygen atoms in total. The van der Waals surface area contributed by atoms with Crippen LogP contribution in [0.2, 0.25) is 0 Å². The number of urea groups is 1. The third-order valence-corrected chi connectivity index (χ3v) is 4.35. The van der Waals surface area contributed by atoms with E-state index in [2.05, 4.69) is 15.0 Å². The van der Waals surface area contributed by atoms with E-state index in [1.807, 2.05) is 20.1 Å². The minimum Gasteiger partial charge on any atom is -0.275 e. The normalized spacial score (nSPS) is 14.0. The van der Waals surface area contributed by atoms with E-state index in [9.17, 15) is 19.3 Å². The molecule has 0 radical (unpaired) electrons. The van der Waals surface area contributed by atoms with Crippen molar-refractivity contribution in [3.8, 4) is 0 Å². The first-order valence-electron chi connectivity index (χ1n) is 7.64. The number of thioether (sulfide) groups is 1. The lowest BCUT2D eigenvalue weighted by Gasteiger charge is -2.37. The van der Waals surface area contributed by atoms with Gasteiger partial charge in [-0.3, -0.25) is 19.9 Å². The van der Waals surface area contributed by atoms with Crippen molar-refractivity contribution in [1.29, 1.82) is 0 Å². The molecule has 0 unspecified atom stereocenters. The van der Waals surface area contributed by atoms with Crippen LogP contribution in [0, 0.1) is 15.9 Å². The summed E-state index contributed by atoms with van der Waals surface area (Å²) in [4.78, 5) is 37.9. The van der Waals surface area contributed by atoms with Crippen LogP contribution >= 0.6 is 11.8 Å². The summed E-state index contributed by atoms with van der Waals surface area (Å²) >= 11 is 1.35. The van der Waals surface area contributed by atoms with Gasteiger partial charge in [0.15, 0.2) is 16.8 Å². The van der Waals surface area contributed by atoms with Gasteiger partial charge in [-0.15, -0.1) is 0 Å². The maximum Gasteiger partial charge on any atom is 0.331 e. The van der Waals surface area contributed by atoms with Crippen molar-refractivity contribution in [1.82, 2.24) is 15.0 Å². The summed E-state index contributed by atoms with van der Waals surface area (Å²) in [6, 6.07) is 0.00584. The van der Waals surface area contributed by atoms with Gasteiger partial charge in [-0.1, -0.05) is 11.8 Å². The van der Waals surface area contributed by atoms with Gasteiger partial charge in [0.25, 0.3) is 5.69 Å². The zero-order valence-electron chi connectivity index (χ0n) is 14.2. The fourth-order valence-electron chi connectivity index (χ4n) is 2.61. The number of pyridine rings is 1. The van der Waals surface area contributed by atoms with E-state index in [0.717, 1.165) is 17.2 Å². The van der Waals surface area contributed by atoms with E-state index >= 15 is 0 Å².